The van der Waals surface area contributed by atoms with Gasteiger partial charge in [-0.15, -0.1) is 0 Å². The molecular formula is C6H12F2O2Si. The first-order chi connectivity index (χ1) is 4.95. The summed E-state index contributed by atoms with van der Waals surface area (Å²) in [7, 11) is -2.69. The van der Waals surface area contributed by atoms with Crippen LogP contribution in [0.4, 0.5) is 8.22 Å². The van der Waals surface area contributed by atoms with Gasteiger partial charge in [0.1, 0.15) is 0 Å². The molecule has 0 saturated heterocycles. The zero-order valence-electron chi connectivity index (χ0n) is 6.69. The number of hydrogen-bond donors (Lipinski definition) is 0. The van der Waals surface area contributed by atoms with Gasteiger partial charge in [0.25, 0.3) is 0 Å². The second-order valence-electron chi connectivity index (χ2n) is 2.50. The first-order valence-electron chi connectivity index (χ1n) is 3.40. The molecule has 2 nitrogen and oxygen atoms in total. The van der Waals surface area contributed by atoms with Crippen molar-refractivity contribution in [3.8, 4) is 0 Å². The quantitative estimate of drug-likeness (QED) is 0.377. The lowest BCUT2D eigenvalue weighted by Crippen LogP contribution is -2.16. The second kappa shape index (κ2) is 4.43. The van der Waals surface area contributed by atoms with E-state index in [1.54, 1.807) is 0 Å². The predicted molar refractivity (Wildman–Crippen MR) is 39.9 cm³/mol. The molecule has 0 radical (unpaired) electrons. The van der Waals surface area contributed by atoms with Crippen LogP contribution in [0, 0.1) is 0 Å². The summed E-state index contributed by atoms with van der Waals surface area (Å²) < 4.78 is 28.8. The Morgan fingerprint density at radius 2 is 2.09 bits per heavy atom. The Morgan fingerprint density at radius 1 is 1.55 bits per heavy atom. The van der Waals surface area contributed by atoms with E-state index >= 15 is 0 Å². The molecule has 11 heavy (non-hydrogen) atoms. The minimum Gasteiger partial charge on any atom is -0.469 e. The lowest BCUT2D eigenvalue weighted by molar-refractivity contribution is -0.140. The van der Waals surface area contributed by atoms with E-state index in [1.165, 1.54) is 7.11 Å². The highest BCUT2D eigenvalue weighted by molar-refractivity contribution is 6.64. The molecule has 0 bridgehead atoms. The smallest absolute Gasteiger partial charge is 0.422 e. The van der Waals surface area contributed by atoms with Crippen molar-refractivity contribution in [2.45, 2.75) is 25.4 Å². The van der Waals surface area contributed by atoms with Crippen molar-refractivity contribution in [1.29, 1.82) is 0 Å². The van der Waals surface area contributed by atoms with Gasteiger partial charge in [-0.1, -0.05) is 0 Å². The Labute approximate surface area is 65.9 Å². The first-order valence-corrected chi connectivity index (χ1v) is 5.86. The van der Waals surface area contributed by atoms with Crippen LogP contribution in [0.5, 0.6) is 0 Å². The minimum atomic E-state index is -3.94. The van der Waals surface area contributed by atoms with Gasteiger partial charge in [0.15, 0.2) is 0 Å². The molecule has 0 unspecified atom stereocenters. The topological polar surface area (TPSA) is 26.3 Å². The zero-order chi connectivity index (χ0) is 8.91. The molecule has 0 rings (SSSR count). The third kappa shape index (κ3) is 7.44. The van der Waals surface area contributed by atoms with Gasteiger partial charge in [0.05, 0.1) is 7.11 Å². The van der Waals surface area contributed by atoms with E-state index in [4.69, 9.17) is 0 Å². The van der Waals surface area contributed by atoms with E-state index in [9.17, 15) is 13.0 Å². The lowest BCUT2D eigenvalue weighted by atomic mass is 10.3. The molecule has 0 atom stereocenters. The maximum Gasteiger partial charge on any atom is 0.422 e. The number of carbonyl (C=O) groups is 1. The minimum absolute atomic E-state index is 0.104. The predicted octanol–water partition coefficient (Wildman–Crippen LogP) is 1.95. The molecule has 0 amide bonds. The van der Waals surface area contributed by atoms with E-state index in [1.807, 2.05) is 0 Å². The molecule has 0 aromatic heterocycles. The van der Waals surface area contributed by atoms with Gasteiger partial charge in [-0.2, -0.15) is 0 Å². The zero-order valence-corrected chi connectivity index (χ0v) is 7.69. The van der Waals surface area contributed by atoms with Crippen molar-refractivity contribution >= 4 is 14.7 Å². The molecule has 0 aliphatic carbocycles. The van der Waals surface area contributed by atoms with Crippen LogP contribution in [0.15, 0.2) is 0 Å². The summed E-state index contributed by atoms with van der Waals surface area (Å²) in [4.78, 5) is 10.4. The highest BCUT2D eigenvalue weighted by Gasteiger charge is 2.26. The van der Waals surface area contributed by atoms with Crippen LogP contribution in [0.1, 0.15) is 12.8 Å². The van der Waals surface area contributed by atoms with Crippen molar-refractivity contribution in [3.05, 3.63) is 0 Å². The highest BCUT2D eigenvalue weighted by Crippen LogP contribution is 2.16. The van der Waals surface area contributed by atoms with Crippen molar-refractivity contribution in [1.82, 2.24) is 0 Å². The van der Waals surface area contributed by atoms with Gasteiger partial charge >= 0.3 is 14.7 Å². The molecule has 0 N–H and O–H groups in total. The number of ether oxygens (including phenoxy) is 1. The Hall–Kier alpha value is -0.453. The molecule has 5 heteroatoms. The summed E-state index contributed by atoms with van der Waals surface area (Å²) in [5.74, 6) is -0.414. The standard InChI is InChI=1S/C6H12F2O2Si/c1-10-6(9)4-3-5-11(2,7)8/h3-5H2,1-2H3. The van der Waals surface area contributed by atoms with Crippen LogP contribution < -0.4 is 0 Å². The number of hydrogen-bond acceptors (Lipinski definition) is 2. The fourth-order valence-corrected chi connectivity index (χ4v) is 1.44. The normalized spacial score (nSPS) is 11.3. The summed E-state index contributed by atoms with van der Waals surface area (Å²) in [5, 5.41) is 0. The number of methoxy groups -OCH3 is 1. The van der Waals surface area contributed by atoms with Gasteiger partial charge in [0, 0.05) is 6.42 Å². The third-order valence-corrected chi connectivity index (χ3v) is 2.46. The molecule has 0 heterocycles. The van der Waals surface area contributed by atoms with Gasteiger partial charge in [-0.3, -0.25) is 13.0 Å². The molecule has 0 aliphatic rings. The summed E-state index contributed by atoms with van der Waals surface area (Å²) in [6, 6.07) is -0.123. The van der Waals surface area contributed by atoms with Crippen molar-refractivity contribution in [3.63, 3.8) is 0 Å². The molecule has 66 valence electrons. The van der Waals surface area contributed by atoms with Crippen molar-refractivity contribution in [2.75, 3.05) is 7.11 Å². The Bertz CT molecular complexity index is 133. The fraction of sp³-hybridized carbons (Fsp3) is 0.833. The van der Waals surface area contributed by atoms with Gasteiger partial charge < -0.3 is 4.74 Å². The Balaban J connectivity index is 3.35. The van der Waals surface area contributed by atoms with Gasteiger partial charge in [0.2, 0.25) is 0 Å². The van der Waals surface area contributed by atoms with E-state index in [0.717, 1.165) is 6.55 Å². The maximum atomic E-state index is 12.3. The number of carbonyl (C=O) groups excluding carboxylic acids is 1. The van der Waals surface area contributed by atoms with Gasteiger partial charge in [-0.25, -0.2) is 0 Å². The fourth-order valence-electron chi connectivity index (χ4n) is 0.645. The third-order valence-electron chi connectivity index (χ3n) is 1.22. The van der Waals surface area contributed by atoms with Crippen LogP contribution in [-0.4, -0.2) is 21.8 Å². The Morgan fingerprint density at radius 3 is 2.45 bits per heavy atom. The summed E-state index contributed by atoms with van der Waals surface area (Å²) >= 11 is 0. The monoisotopic (exact) mass is 182 g/mol. The average Bonchev–Trinajstić information content (AvgIpc) is 1.85. The van der Waals surface area contributed by atoms with Crippen molar-refractivity contribution in [2.24, 2.45) is 0 Å². The van der Waals surface area contributed by atoms with Crippen LogP contribution in [0.25, 0.3) is 0 Å². The van der Waals surface area contributed by atoms with Crippen LogP contribution in [0.3, 0.4) is 0 Å². The summed E-state index contributed by atoms with van der Waals surface area (Å²) in [6.07, 6.45) is 0.343. The van der Waals surface area contributed by atoms with Crippen LogP contribution in [-0.2, 0) is 9.53 Å². The van der Waals surface area contributed by atoms with E-state index in [0.29, 0.717) is 0 Å². The maximum absolute atomic E-state index is 12.3. The summed E-state index contributed by atoms with van der Waals surface area (Å²) in [5.41, 5.74) is 0. The van der Waals surface area contributed by atoms with E-state index in [-0.39, 0.29) is 18.9 Å². The number of esters is 1. The molecule has 0 saturated carbocycles. The first kappa shape index (κ1) is 10.5. The largest absolute Gasteiger partial charge is 0.469 e. The highest BCUT2D eigenvalue weighted by atomic mass is 28.4. The SMILES string of the molecule is COC(=O)CCC[Si](C)(F)F. The lowest BCUT2D eigenvalue weighted by Gasteiger charge is -2.04. The van der Waals surface area contributed by atoms with Crippen LogP contribution >= 0.6 is 0 Å². The van der Waals surface area contributed by atoms with Gasteiger partial charge in [-0.05, 0) is 19.0 Å². The van der Waals surface area contributed by atoms with Crippen LogP contribution in [0.2, 0.25) is 12.6 Å². The molecule has 0 fully saturated rings. The average molecular weight is 182 g/mol. The molecule has 0 spiro atoms. The van der Waals surface area contributed by atoms with E-state index in [2.05, 4.69) is 4.74 Å². The van der Waals surface area contributed by atoms with Crippen molar-refractivity contribution < 1.29 is 17.7 Å². The Kier molecular flexibility index (Phi) is 4.25. The number of halogens is 2. The molecule has 0 aromatic carbocycles. The number of rotatable bonds is 4. The second-order valence-corrected chi connectivity index (χ2v) is 5.14. The molecular weight excluding hydrogens is 170 g/mol. The van der Waals surface area contributed by atoms with E-state index < -0.39 is 14.7 Å². The molecule has 0 aliphatic heterocycles. The molecule has 0 aromatic rings. The summed E-state index contributed by atoms with van der Waals surface area (Å²) in [6.45, 7) is 0.976.